The first-order chi connectivity index (χ1) is 10.8. The van der Waals surface area contributed by atoms with Crippen LogP contribution in [0.5, 0.6) is 0 Å². The Morgan fingerprint density at radius 1 is 1.09 bits per heavy atom. The van der Waals surface area contributed by atoms with E-state index in [1.807, 2.05) is 0 Å². The zero-order valence-corrected chi connectivity index (χ0v) is 13.6. The monoisotopic (exact) mass is 349 g/mol. The summed E-state index contributed by atoms with van der Waals surface area (Å²) >= 11 is 5.96. The van der Waals surface area contributed by atoms with Gasteiger partial charge in [-0.3, -0.25) is 4.79 Å². The van der Waals surface area contributed by atoms with Gasteiger partial charge in [-0.25, -0.2) is 13.6 Å². The van der Waals surface area contributed by atoms with Gasteiger partial charge >= 0.3 is 0 Å². The fraction of sp³-hybridized carbons (Fsp3) is 0.0667. The molecule has 1 aromatic heterocycles. The van der Waals surface area contributed by atoms with Gasteiger partial charge in [0, 0.05) is 10.4 Å². The number of rotatable bonds is 2. The lowest BCUT2D eigenvalue weighted by atomic mass is 10.1. The fourth-order valence-corrected chi connectivity index (χ4v) is 3.01. The van der Waals surface area contributed by atoms with Gasteiger partial charge in [0.2, 0.25) is 10.0 Å². The van der Waals surface area contributed by atoms with E-state index in [-0.39, 0.29) is 10.5 Å². The Morgan fingerprint density at radius 2 is 1.74 bits per heavy atom. The molecule has 0 aliphatic rings. The van der Waals surface area contributed by atoms with Crippen LogP contribution in [0.15, 0.2) is 52.2 Å². The Bertz CT molecular complexity index is 1070. The van der Waals surface area contributed by atoms with Gasteiger partial charge in [-0.2, -0.15) is 9.78 Å². The Labute approximate surface area is 137 Å². The zero-order valence-electron chi connectivity index (χ0n) is 12.0. The highest BCUT2D eigenvalue weighted by Gasteiger charge is 2.12. The van der Waals surface area contributed by atoms with Crippen molar-refractivity contribution in [3.05, 3.63) is 63.5 Å². The van der Waals surface area contributed by atoms with Gasteiger partial charge in [0.05, 0.1) is 21.7 Å². The van der Waals surface area contributed by atoms with Crippen LogP contribution in [-0.2, 0) is 10.0 Å². The first-order valence-corrected chi connectivity index (χ1v) is 8.52. The summed E-state index contributed by atoms with van der Waals surface area (Å²) in [5.74, 6) is 0. The molecule has 0 radical (unpaired) electrons. The quantitative estimate of drug-likeness (QED) is 0.765. The van der Waals surface area contributed by atoms with Crippen molar-refractivity contribution in [2.45, 2.75) is 11.8 Å². The molecule has 0 aliphatic heterocycles. The highest BCUT2D eigenvalue weighted by molar-refractivity contribution is 7.89. The smallest absolute Gasteiger partial charge is 0.267 e. The molecule has 0 aliphatic carbocycles. The third-order valence-corrected chi connectivity index (χ3v) is 4.62. The predicted octanol–water partition coefficient (Wildman–Crippen LogP) is 1.99. The number of primary sulfonamides is 1. The third kappa shape index (κ3) is 2.86. The second-order valence-corrected chi connectivity index (χ2v) is 7.03. The molecule has 0 saturated heterocycles. The van der Waals surface area contributed by atoms with Crippen molar-refractivity contribution in [2.24, 2.45) is 5.14 Å². The summed E-state index contributed by atoms with van der Waals surface area (Å²) in [4.78, 5) is 12.6. The average molecular weight is 350 g/mol. The van der Waals surface area contributed by atoms with Crippen molar-refractivity contribution in [1.82, 2.24) is 9.78 Å². The standard InChI is InChI=1S/C15H12ClN3O3S/c1-9-13-7-2-10(16)8-14(13)15(20)19(18-9)11-3-5-12(6-4-11)23(17,21)22/h2-8H,1H3,(H2,17,21,22). The Kier molecular flexibility index (Phi) is 3.71. The van der Waals surface area contributed by atoms with E-state index < -0.39 is 10.0 Å². The van der Waals surface area contributed by atoms with E-state index in [9.17, 15) is 13.2 Å². The highest BCUT2D eigenvalue weighted by Crippen LogP contribution is 2.19. The molecule has 1 heterocycles. The SMILES string of the molecule is Cc1nn(-c2ccc(S(N)(=O)=O)cc2)c(=O)c2cc(Cl)ccc12. The number of hydrogen-bond acceptors (Lipinski definition) is 4. The van der Waals surface area contributed by atoms with Crippen LogP contribution in [0, 0.1) is 6.92 Å². The zero-order chi connectivity index (χ0) is 16.8. The summed E-state index contributed by atoms with van der Waals surface area (Å²) in [6.45, 7) is 1.78. The average Bonchev–Trinajstić information content (AvgIpc) is 2.50. The van der Waals surface area contributed by atoms with Crippen molar-refractivity contribution >= 4 is 32.4 Å². The van der Waals surface area contributed by atoms with E-state index in [2.05, 4.69) is 5.10 Å². The van der Waals surface area contributed by atoms with E-state index in [4.69, 9.17) is 16.7 Å². The minimum absolute atomic E-state index is 0.0325. The van der Waals surface area contributed by atoms with E-state index in [0.29, 0.717) is 21.8 Å². The Hall–Kier alpha value is -2.22. The molecule has 2 N–H and O–H groups in total. The van der Waals surface area contributed by atoms with Crippen LogP contribution in [0.1, 0.15) is 5.69 Å². The molecular weight excluding hydrogens is 338 g/mol. The van der Waals surface area contributed by atoms with Crippen LogP contribution in [0.2, 0.25) is 5.02 Å². The maximum Gasteiger partial charge on any atom is 0.279 e. The molecular formula is C15H12ClN3O3S. The summed E-state index contributed by atoms with van der Waals surface area (Å²) in [5, 5.41) is 11.0. The molecule has 3 aromatic rings. The van der Waals surface area contributed by atoms with Gasteiger partial charge in [0.15, 0.2) is 0 Å². The molecule has 0 atom stereocenters. The molecule has 23 heavy (non-hydrogen) atoms. The largest absolute Gasteiger partial charge is 0.279 e. The van der Waals surface area contributed by atoms with Gasteiger partial charge in [0.25, 0.3) is 5.56 Å². The van der Waals surface area contributed by atoms with Crippen molar-refractivity contribution in [2.75, 3.05) is 0 Å². The summed E-state index contributed by atoms with van der Waals surface area (Å²) < 4.78 is 23.8. The van der Waals surface area contributed by atoms with E-state index in [0.717, 1.165) is 5.39 Å². The molecule has 0 amide bonds. The van der Waals surface area contributed by atoms with Crippen molar-refractivity contribution in [3.63, 3.8) is 0 Å². The van der Waals surface area contributed by atoms with Crippen LogP contribution in [0.4, 0.5) is 0 Å². The van der Waals surface area contributed by atoms with Crippen LogP contribution < -0.4 is 10.7 Å². The topological polar surface area (TPSA) is 95.1 Å². The summed E-state index contributed by atoms with van der Waals surface area (Å²) in [5.41, 5.74) is 0.760. The molecule has 0 saturated carbocycles. The number of nitrogens with two attached hydrogens (primary N) is 1. The van der Waals surface area contributed by atoms with E-state index >= 15 is 0 Å². The first kappa shape index (κ1) is 15.7. The van der Waals surface area contributed by atoms with Crippen LogP contribution in [-0.4, -0.2) is 18.2 Å². The van der Waals surface area contributed by atoms with Crippen molar-refractivity contribution < 1.29 is 8.42 Å². The van der Waals surface area contributed by atoms with Crippen molar-refractivity contribution in [1.29, 1.82) is 0 Å². The number of hydrogen-bond donors (Lipinski definition) is 1. The normalized spacial score (nSPS) is 11.8. The molecule has 0 bridgehead atoms. The second-order valence-electron chi connectivity index (χ2n) is 5.03. The number of fused-ring (bicyclic) bond motifs is 1. The number of aromatic nitrogens is 2. The molecule has 0 fully saturated rings. The van der Waals surface area contributed by atoms with Gasteiger partial charge in [0.1, 0.15) is 0 Å². The number of halogens is 1. The van der Waals surface area contributed by atoms with Crippen LogP contribution >= 0.6 is 11.6 Å². The fourth-order valence-electron chi connectivity index (χ4n) is 2.32. The molecule has 6 nitrogen and oxygen atoms in total. The lowest BCUT2D eigenvalue weighted by Crippen LogP contribution is -2.22. The minimum Gasteiger partial charge on any atom is -0.267 e. The van der Waals surface area contributed by atoms with E-state index in [1.165, 1.54) is 28.9 Å². The van der Waals surface area contributed by atoms with Crippen LogP contribution in [0.3, 0.4) is 0 Å². The molecule has 3 rings (SSSR count). The van der Waals surface area contributed by atoms with Gasteiger partial charge in [-0.15, -0.1) is 0 Å². The Balaban J connectivity index is 2.24. The van der Waals surface area contributed by atoms with Crippen molar-refractivity contribution in [3.8, 4) is 5.69 Å². The summed E-state index contributed by atoms with van der Waals surface area (Å²) in [6, 6.07) is 10.6. The molecule has 0 unspecified atom stereocenters. The van der Waals surface area contributed by atoms with Gasteiger partial charge in [-0.05, 0) is 43.3 Å². The number of benzene rings is 2. The predicted molar refractivity (Wildman–Crippen MR) is 88.5 cm³/mol. The first-order valence-electron chi connectivity index (χ1n) is 6.60. The Morgan fingerprint density at radius 3 is 2.35 bits per heavy atom. The van der Waals surface area contributed by atoms with Crippen LogP contribution in [0.25, 0.3) is 16.5 Å². The summed E-state index contributed by atoms with van der Waals surface area (Å²) in [7, 11) is -3.79. The second kappa shape index (κ2) is 5.45. The number of sulfonamides is 1. The number of nitrogens with zero attached hydrogens (tertiary/aromatic N) is 2. The summed E-state index contributed by atoms with van der Waals surface area (Å²) in [6.07, 6.45) is 0. The van der Waals surface area contributed by atoms with Gasteiger partial charge in [-0.1, -0.05) is 17.7 Å². The maximum absolute atomic E-state index is 12.6. The molecule has 2 aromatic carbocycles. The molecule has 8 heteroatoms. The number of aryl methyl sites for hydroxylation is 1. The highest BCUT2D eigenvalue weighted by atomic mass is 35.5. The lowest BCUT2D eigenvalue weighted by molar-refractivity contribution is 0.597. The lowest BCUT2D eigenvalue weighted by Gasteiger charge is -2.09. The molecule has 0 spiro atoms. The molecule has 118 valence electrons. The third-order valence-electron chi connectivity index (χ3n) is 3.45. The maximum atomic E-state index is 12.6. The van der Waals surface area contributed by atoms with Gasteiger partial charge < -0.3 is 0 Å². The minimum atomic E-state index is -3.79. The van der Waals surface area contributed by atoms with E-state index in [1.54, 1.807) is 25.1 Å².